The van der Waals surface area contributed by atoms with Crippen LogP contribution < -0.4 is 4.74 Å². The second-order valence-corrected chi connectivity index (χ2v) is 8.75. The van der Waals surface area contributed by atoms with Gasteiger partial charge >= 0.3 is 7.60 Å². The summed E-state index contributed by atoms with van der Waals surface area (Å²) in [6, 6.07) is 15.9. The number of ether oxygens (including phenoxy) is 1. The van der Waals surface area contributed by atoms with E-state index in [-0.39, 0.29) is 12.8 Å². The average Bonchev–Trinajstić information content (AvgIpc) is 3.07. The molecule has 0 fully saturated rings. The maximum atomic E-state index is 12.4. The molecule has 0 saturated heterocycles. The third-order valence-electron chi connectivity index (χ3n) is 3.68. The van der Waals surface area contributed by atoms with Gasteiger partial charge in [-0.2, -0.15) is 0 Å². The van der Waals surface area contributed by atoms with Crippen molar-refractivity contribution in [2.24, 2.45) is 0 Å². The zero-order chi connectivity index (χ0) is 18.4. The number of fused-ring (bicyclic) bond motifs is 1. The molecule has 0 aliphatic rings. The van der Waals surface area contributed by atoms with Crippen LogP contribution in [0, 0.1) is 0 Å². The quantitative estimate of drug-likeness (QED) is 0.444. The fourth-order valence-corrected chi connectivity index (χ4v) is 4.93. The van der Waals surface area contributed by atoms with E-state index in [1.807, 2.05) is 42.5 Å². The summed E-state index contributed by atoms with van der Waals surface area (Å²) in [6.07, 6.45) is 0.230. The van der Waals surface area contributed by atoms with Gasteiger partial charge in [-0.1, -0.05) is 12.1 Å². The smallest absolute Gasteiger partial charge is 0.334 e. The third-order valence-corrected chi connectivity index (χ3v) is 6.80. The molecule has 0 aliphatic heterocycles. The van der Waals surface area contributed by atoms with Crippen LogP contribution in [0.15, 0.2) is 48.5 Å². The molecule has 0 aliphatic carbocycles. The number of hydrogen-bond acceptors (Lipinski definition) is 6. The number of benzene rings is 2. The van der Waals surface area contributed by atoms with Gasteiger partial charge < -0.3 is 13.8 Å². The van der Waals surface area contributed by atoms with Crippen LogP contribution in [0.25, 0.3) is 20.8 Å². The highest BCUT2D eigenvalue weighted by Crippen LogP contribution is 2.47. The van der Waals surface area contributed by atoms with Crippen molar-refractivity contribution in [1.82, 2.24) is 4.98 Å². The molecule has 3 rings (SSSR count). The molecule has 1 heterocycles. The maximum absolute atomic E-state index is 12.4. The topological polar surface area (TPSA) is 57.7 Å². The number of nitrogens with zero attached hydrogens (tertiary/aromatic N) is 1. The molecule has 0 amide bonds. The van der Waals surface area contributed by atoms with Crippen molar-refractivity contribution in [2.75, 3.05) is 26.0 Å². The lowest BCUT2D eigenvalue weighted by atomic mass is 10.2. The van der Waals surface area contributed by atoms with Gasteiger partial charge in [-0.3, -0.25) is 4.57 Å². The fourth-order valence-electron chi connectivity index (χ4n) is 2.52. The van der Waals surface area contributed by atoms with Gasteiger partial charge in [-0.05, 0) is 50.2 Å². The summed E-state index contributed by atoms with van der Waals surface area (Å²) in [5.41, 5.74) is 2.06. The van der Waals surface area contributed by atoms with Crippen LogP contribution in [0.3, 0.4) is 0 Å². The number of rotatable bonds is 9. The molecule has 0 bridgehead atoms. The van der Waals surface area contributed by atoms with Gasteiger partial charge in [-0.15, -0.1) is 11.3 Å². The fraction of sp³-hybridized carbons (Fsp3) is 0.316. The highest BCUT2D eigenvalue weighted by molar-refractivity contribution is 7.53. The predicted molar refractivity (Wildman–Crippen MR) is 106 cm³/mol. The van der Waals surface area contributed by atoms with Crippen LogP contribution >= 0.6 is 18.9 Å². The van der Waals surface area contributed by atoms with E-state index in [4.69, 9.17) is 13.8 Å². The highest BCUT2D eigenvalue weighted by Gasteiger charge is 2.23. The lowest BCUT2D eigenvalue weighted by molar-refractivity contribution is 0.213. The van der Waals surface area contributed by atoms with Gasteiger partial charge in [0, 0.05) is 5.56 Å². The van der Waals surface area contributed by atoms with Crippen molar-refractivity contribution < 1.29 is 18.3 Å². The van der Waals surface area contributed by atoms with Gasteiger partial charge in [-0.25, -0.2) is 4.98 Å². The van der Waals surface area contributed by atoms with Gasteiger partial charge in [0.2, 0.25) is 0 Å². The monoisotopic (exact) mass is 391 g/mol. The van der Waals surface area contributed by atoms with Gasteiger partial charge in [0.1, 0.15) is 10.8 Å². The van der Waals surface area contributed by atoms with E-state index in [0.717, 1.165) is 21.8 Å². The minimum absolute atomic E-state index is 0.230. The molecule has 5 nitrogen and oxygen atoms in total. The Bertz CT molecular complexity index is 851. The first-order valence-corrected chi connectivity index (χ1v) is 11.1. The Morgan fingerprint density at radius 3 is 2.35 bits per heavy atom. The molecule has 1 aromatic heterocycles. The number of hydrogen-bond donors (Lipinski definition) is 0. The van der Waals surface area contributed by atoms with Crippen LogP contribution in [0.2, 0.25) is 0 Å². The third kappa shape index (κ3) is 4.71. The summed E-state index contributed by atoms with van der Waals surface area (Å²) in [5, 5.41) is 0.981. The van der Waals surface area contributed by atoms with E-state index in [9.17, 15) is 4.57 Å². The van der Waals surface area contributed by atoms with E-state index in [1.54, 1.807) is 25.2 Å². The predicted octanol–water partition coefficient (Wildman–Crippen LogP) is 5.61. The molecule has 7 heteroatoms. The second-order valence-electron chi connectivity index (χ2n) is 5.53. The Morgan fingerprint density at radius 1 is 1.00 bits per heavy atom. The Hall–Kier alpha value is -1.72. The average molecular weight is 391 g/mol. The maximum Gasteiger partial charge on any atom is 0.334 e. The van der Waals surface area contributed by atoms with E-state index in [2.05, 4.69) is 11.1 Å². The summed E-state index contributed by atoms with van der Waals surface area (Å²) in [6.45, 7) is 4.58. The van der Waals surface area contributed by atoms with E-state index in [1.165, 1.54) is 4.70 Å². The van der Waals surface area contributed by atoms with Crippen LogP contribution in [-0.4, -0.2) is 31.0 Å². The summed E-state index contributed by atoms with van der Waals surface area (Å²) >= 11 is 1.67. The van der Waals surface area contributed by atoms with Gasteiger partial charge in [0.25, 0.3) is 0 Å². The van der Waals surface area contributed by atoms with Crippen molar-refractivity contribution in [3.05, 3.63) is 48.5 Å². The van der Waals surface area contributed by atoms with E-state index in [0.29, 0.717) is 13.2 Å². The second kappa shape index (κ2) is 8.78. The van der Waals surface area contributed by atoms with Crippen molar-refractivity contribution >= 4 is 29.1 Å². The number of para-hydroxylation sites is 1. The molecule has 2 aromatic carbocycles. The van der Waals surface area contributed by atoms with Crippen molar-refractivity contribution in [2.45, 2.75) is 13.8 Å². The summed E-state index contributed by atoms with van der Waals surface area (Å²) in [4.78, 5) is 4.66. The molecule has 0 spiro atoms. The summed E-state index contributed by atoms with van der Waals surface area (Å²) in [5.74, 6) is 0.717. The minimum atomic E-state index is -3.06. The normalized spacial score (nSPS) is 11.8. The molecule has 0 saturated carbocycles. The lowest BCUT2D eigenvalue weighted by Gasteiger charge is -2.17. The molecule has 0 N–H and O–H groups in total. The van der Waals surface area contributed by atoms with Crippen LogP contribution in [0.5, 0.6) is 5.75 Å². The van der Waals surface area contributed by atoms with Gasteiger partial charge in [0.05, 0.1) is 36.2 Å². The zero-order valence-corrected chi connectivity index (χ0v) is 16.6. The molecule has 0 unspecified atom stereocenters. The molecular weight excluding hydrogens is 369 g/mol. The van der Waals surface area contributed by atoms with Crippen LogP contribution in [0.4, 0.5) is 0 Å². The van der Waals surface area contributed by atoms with Crippen LogP contribution in [-0.2, 0) is 13.6 Å². The molecule has 3 aromatic rings. The Kier molecular flexibility index (Phi) is 6.43. The van der Waals surface area contributed by atoms with Gasteiger partial charge in [0.15, 0.2) is 0 Å². The molecule has 0 radical (unpaired) electrons. The molecule has 0 atom stereocenters. The molecule has 138 valence electrons. The summed E-state index contributed by atoms with van der Waals surface area (Å²) in [7, 11) is -3.06. The Labute approximate surface area is 157 Å². The molecular formula is C19H22NO4PS. The minimum Gasteiger partial charge on any atom is -0.493 e. The van der Waals surface area contributed by atoms with Crippen LogP contribution in [0.1, 0.15) is 13.8 Å². The highest BCUT2D eigenvalue weighted by atomic mass is 32.1. The largest absolute Gasteiger partial charge is 0.493 e. The van der Waals surface area contributed by atoms with Crippen molar-refractivity contribution in [3.63, 3.8) is 0 Å². The molecule has 26 heavy (non-hydrogen) atoms. The first-order valence-electron chi connectivity index (χ1n) is 8.60. The zero-order valence-electron chi connectivity index (χ0n) is 14.9. The van der Waals surface area contributed by atoms with Crippen molar-refractivity contribution in [3.8, 4) is 16.3 Å². The van der Waals surface area contributed by atoms with E-state index >= 15 is 0 Å². The Balaban J connectivity index is 1.61. The SMILES string of the molecule is CCOP(=O)(CCOc1ccc(-c2nc3ccccc3s2)cc1)OCC. The Morgan fingerprint density at radius 2 is 1.69 bits per heavy atom. The van der Waals surface area contributed by atoms with E-state index < -0.39 is 7.60 Å². The standard InChI is InChI=1S/C19H22NO4PS/c1-3-23-25(21,24-4-2)14-13-22-16-11-9-15(10-12-16)19-20-17-7-5-6-8-18(17)26-19/h5-12H,3-4,13-14H2,1-2H3. The first kappa shape index (κ1) is 19.1. The first-order chi connectivity index (χ1) is 12.6. The van der Waals surface area contributed by atoms with Crippen molar-refractivity contribution in [1.29, 1.82) is 0 Å². The lowest BCUT2D eigenvalue weighted by Crippen LogP contribution is -2.08. The number of aromatic nitrogens is 1. The number of thiazole rings is 1. The summed E-state index contributed by atoms with van der Waals surface area (Å²) < 4.78 is 29.8.